The van der Waals surface area contributed by atoms with Crippen molar-refractivity contribution in [1.82, 2.24) is 9.80 Å². The number of carbonyl (C=O) groups excluding carboxylic acids is 2. The second-order valence-corrected chi connectivity index (χ2v) is 11.4. The van der Waals surface area contributed by atoms with Gasteiger partial charge in [0.2, 0.25) is 5.91 Å². The van der Waals surface area contributed by atoms with E-state index in [9.17, 15) is 9.59 Å². The van der Waals surface area contributed by atoms with Crippen LogP contribution in [0.25, 0.3) is 0 Å². The van der Waals surface area contributed by atoms with Crippen LogP contribution >= 0.6 is 8.86 Å². The molecule has 9 heteroatoms. The molecule has 0 spiro atoms. The maximum Gasteiger partial charge on any atom is 0.309 e. The Morgan fingerprint density at radius 3 is 2.36 bits per heavy atom. The van der Waals surface area contributed by atoms with Gasteiger partial charge in [-0.1, -0.05) is 57.5 Å². The van der Waals surface area contributed by atoms with Gasteiger partial charge in [-0.3, -0.25) is 14.5 Å². The molecule has 2 N–H and O–H groups in total. The van der Waals surface area contributed by atoms with Crippen LogP contribution in [0.2, 0.25) is 0 Å². The smallest absolute Gasteiger partial charge is 0.309 e. The second-order valence-electron chi connectivity index (χ2n) is 10.8. The summed E-state index contributed by atoms with van der Waals surface area (Å²) in [6.07, 6.45) is 2.85. The quantitative estimate of drug-likeness (QED) is 0.242. The Morgan fingerprint density at radius 2 is 1.82 bits per heavy atom. The summed E-state index contributed by atoms with van der Waals surface area (Å²) < 4.78 is 17.2. The molecule has 6 unspecified atom stereocenters. The molecule has 2 rings (SSSR count). The molecule has 1 saturated heterocycles. The fourth-order valence-corrected chi connectivity index (χ4v) is 6.24. The average Bonchev–Trinajstić information content (AvgIpc) is 3.44. The summed E-state index contributed by atoms with van der Waals surface area (Å²) in [5, 5.41) is 0. The van der Waals surface area contributed by atoms with Gasteiger partial charge >= 0.3 is 5.97 Å². The predicted octanol–water partition coefficient (Wildman–Crippen LogP) is 3.64. The number of benzene rings is 1. The summed E-state index contributed by atoms with van der Waals surface area (Å²) in [6, 6.07) is 9.80. The number of rotatable bonds is 16. The van der Waals surface area contributed by atoms with Gasteiger partial charge in [0.25, 0.3) is 0 Å². The third-order valence-electron chi connectivity index (χ3n) is 8.58. The van der Waals surface area contributed by atoms with Crippen molar-refractivity contribution in [2.45, 2.75) is 77.2 Å². The highest BCUT2D eigenvalue weighted by Gasteiger charge is 2.43. The SMILES string of the molecule is CCC(C)[C@@H](C(CC(=O)N1CCCC1C(OC)C(C)C(Cc1ccccc1)C(=O)OC)OC)N(C)C(=P)CN. The Bertz CT molecular complexity index is 917. The molecule has 0 aliphatic carbocycles. The lowest BCUT2D eigenvalue weighted by Gasteiger charge is -2.40. The number of amides is 1. The largest absolute Gasteiger partial charge is 0.469 e. The Balaban J connectivity index is 2.26. The molecule has 8 nitrogen and oxygen atoms in total. The third-order valence-corrected chi connectivity index (χ3v) is 9.14. The van der Waals surface area contributed by atoms with Crippen molar-refractivity contribution >= 4 is 26.2 Å². The van der Waals surface area contributed by atoms with Crippen LogP contribution in [0.15, 0.2) is 30.3 Å². The highest BCUT2D eigenvalue weighted by atomic mass is 31.0. The van der Waals surface area contributed by atoms with Gasteiger partial charge in [-0.25, -0.2) is 0 Å². The number of likely N-dealkylation sites (tertiary alicyclic amines) is 1. The van der Waals surface area contributed by atoms with Crippen molar-refractivity contribution < 1.29 is 23.8 Å². The number of ether oxygens (including phenoxy) is 3. The molecule has 0 saturated carbocycles. The molecule has 7 atom stereocenters. The molecule has 0 aromatic heterocycles. The summed E-state index contributed by atoms with van der Waals surface area (Å²) in [6.45, 7) is 7.39. The van der Waals surface area contributed by atoms with E-state index in [2.05, 4.69) is 27.6 Å². The van der Waals surface area contributed by atoms with Crippen LogP contribution in [0.5, 0.6) is 0 Å². The van der Waals surface area contributed by atoms with Gasteiger partial charge in [-0.2, -0.15) is 0 Å². The van der Waals surface area contributed by atoms with Crippen LogP contribution < -0.4 is 5.73 Å². The Morgan fingerprint density at radius 1 is 1.15 bits per heavy atom. The number of hydrogen-bond acceptors (Lipinski definition) is 6. The number of methoxy groups -OCH3 is 3. The van der Waals surface area contributed by atoms with Crippen molar-refractivity contribution in [2.24, 2.45) is 23.5 Å². The molecular formula is C30H50N3O5P. The zero-order valence-corrected chi connectivity index (χ0v) is 25.9. The third kappa shape index (κ3) is 8.58. The maximum absolute atomic E-state index is 13.8. The summed E-state index contributed by atoms with van der Waals surface area (Å²) in [4.78, 5) is 30.8. The molecule has 0 radical (unpaired) electrons. The van der Waals surface area contributed by atoms with E-state index in [4.69, 9.17) is 19.9 Å². The molecule has 1 aliphatic heterocycles. The summed E-state index contributed by atoms with van der Waals surface area (Å²) in [7, 11) is 10.4. The van der Waals surface area contributed by atoms with Gasteiger partial charge in [-0.15, -0.1) is 8.86 Å². The zero-order chi connectivity index (χ0) is 29.1. The number of likely N-dealkylation sites (N-methyl/N-ethyl adjacent to an activating group) is 1. The molecule has 1 aliphatic rings. The van der Waals surface area contributed by atoms with E-state index >= 15 is 0 Å². The van der Waals surface area contributed by atoms with Gasteiger partial charge in [0.15, 0.2) is 0 Å². The minimum Gasteiger partial charge on any atom is -0.469 e. The standard InChI is InChI=1S/C30H50N3O5P/c1-8-20(2)28(32(4)27(39)19-31)25(36-5)18-26(34)33-16-12-15-24(33)29(37-6)21(3)23(30(35)38-7)17-22-13-10-9-11-14-22/h9-11,13-14,20-21,23-25,28-29,39H,8,12,15-19,31H2,1-7H3/t20?,21?,23?,24?,25?,28-,29?/m0/s1. The first-order valence-electron chi connectivity index (χ1n) is 14.1. The summed E-state index contributed by atoms with van der Waals surface area (Å²) >= 11 is 0. The van der Waals surface area contributed by atoms with E-state index in [1.165, 1.54) is 7.11 Å². The molecule has 1 aromatic rings. The molecular weight excluding hydrogens is 513 g/mol. The number of esters is 1. The van der Waals surface area contributed by atoms with Crippen LogP contribution in [-0.4, -0.2) is 92.9 Å². The van der Waals surface area contributed by atoms with Gasteiger partial charge in [0, 0.05) is 38.8 Å². The lowest BCUT2D eigenvalue weighted by molar-refractivity contribution is -0.151. The highest BCUT2D eigenvalue weighted by Crippen LogP contribution is 2.33. The van der Waals surface area contributed by atoms with Crippen LogP contribution in [0.4, 0.5) is 0 Å². The predicted molar refractivity (Wildman–Crippen MR) is 159 cm³/mol. The molecule has 1 aromatic carbocycles. The first-order valence-corrected chi connectivity index (χ1v) is 14.6. The summed E-state index contributed by atoms with van der Waals surface area (Å²) in [5.74, 6) is -0.483. The lowest BCUT2D eigenvalue weighted by atomic mass is 9.81. The van der Waals surface area contributed by atoms with Crippen molar-refractivity contribution in [3.05, 3.63) is 35.9 Å². The average molecular weight is 564 g/mol. The number of carbonyl (C=O) groups is 2. The molecule has 39 heavy (non-hydrogen) atoms. The molecule has 1 heterocycles. The monoisotopic (exact) mass is 563 g/mol. The van der Waals surface area contributed by atoms with Crippen molar-refractivity contribution in [3.63, 3.8) is 0 Å². The van der Waals surface area contributed by atoms with Crippen LogP contribution in [-0.2, 0) is 30.2 Å². The van der Waals surface area contributed by atoms with E-state index in [1.807, 2.05) is 49.2 Å². The van der Waals surface area contributed by atoms with E-state index in [0.717, 1.165) is 30.2 Å². The molecule has 0 bridgehead atoms. The van der Waals surface area contributed by atoms with E-state index in [1.54, 1.807) is 14.2 Å². The number of nitrogens with two attached hydrogens (primary N) is 1. The highest BCUT2D eigenvalue weighted by molar-refractivity contribution is 7.21. The minimum absolute atomic E-state index is 0.0206. The van der Waals surface area contributed by atoms with Crippen LogP contribution in [0.3, 0.4) is 0 Å². The van der Waals surface area contributed by atoms with E-state index in [0.29, 0.717) is 19.5 Å². The molecule has 220 valence electrons. The normalized spacial score (nSPS) is 20.2. The topological polar surface area (TPSA) is 94.3 Å². The fraction of sp³-hybridized carbons (Fsp3) is 0.700. The van der Waals surface area contributed by atoms with Gasteiger partial charge < -0.3 is 24.8 Å². The van der Waals surface area contributed by atoms with E-state index in [-0.39, 0.29) is 60.3 Å². The van der Waals surface area contributed by atoms with Gasteiger partial charge in [0.1, 0.15) is 0 Å². The fourth-order valence-electron chi connectivity index (χ4n) is 6.09. The number of hydrogen-bond donors (Lipinski definition) is 1. The van der Waals surface area contributed by atoms with E-state index < -0.39 is 0 Å². The first kappa shape index (κ1) is 33.4. The van der Waals surface area contributed by atoms with Crippen molar-refractivity contribution in [2.75, 3.05) is 41.5 Å². The lowest BCUT2D eigenvalue weighted by Crippen LogP contribution is -2.53. The maximum atomic E-state index is 13.8. The minimum atomic E-state index is -0.390. The first-order chi connectivity index (χ1) is 18.6. The van der Waals surface area contributed by atoms with Gasteiger partial charge in [0.05, 0.1) is 37.7 Å². The Kier molecular flexibility index (Phi) is 14.1. The Hall–Kier alpha value is -1.83. The van der Waals surface area contributed by atoms with Gasteiger partial charge in [-0.05, 0) is 43.7 Å². The van der Waals surface area contributed by atoms with Crippen LogP contribution in [0, 0.1) is 17.8 Å². The molecule has 1 amide bonds. The number of nitrogens with zero attached hydrogens (tertiary/aromatic N) is 2. The molecule has 1 fully saturated rings. The van der Waals surface area contributed by atoms with Crippen molar-refractivity contribution in [3.8, 4) is 0 Å². The second kappa shape index (κ2) is 16.4. The summed E-state index contributed by atoms with van der Waals surface area (Å²) in [5.41, 5.74) is 7.84. The zero-order valence-electron chi connectivity index (χ0n) is 24.9. The Labute approximate surface area is 237 Å². The van der Waals surface area contributed by atoms with Crippen LogP contribution in [0.1, 0.15) is 52.0 Å². The van der Waals surface area contributed by atoms with Crippen molar-refractivity contribution in [1.29, 1.82) is 0 Å².